The number of carbonyl (C=O) groups is 3. The van der Waals surface area contributed by atoms with Gasteiger partial charge in [0.05, 0.1) is 18.2 Å². The lowest BCUT2D eigenvalue weighted by molar-refractivity contribution is -0.142. The summed E-state index contributed by atoms with van der Waals surface area (Å²) < 4.78 is 11.9. The molecule has 1 heterocycles. The third-order valence-corrected chi connectivity index (χ3v) is 8.59. The van der Waals surface area contributed by atoms with Crippen molar-refractivity contribution in [1.29, 1.82) is 0 Å². The highest BCUT2D eigenvalue weighted by molar-refractivity contribution is 6.12. The van der Waals surface area contributed by atoms with E-state index in [2.05, 4.69) is 15.6 Å². The number of para-hydroxylation sites is 1. The van der Waals surface area contributed by atoms with Crippen molar-refractivity contribution in [2.24, 2.45) is 11.8 Å². The zero-order valence-electron chi connectivity index (χ0n) is 28.6. The number of carboxylic acid groups (broad SMARTS) is 1. The average molecular weight is 674 g/mol. The minimum atomic E-state index is -0.929. The molecule has 0 aliphatic carbocycles. The lowest BCUT2D eigenvalue weighted by Crippen LogP contribution is -2.40. The third kappa shape index (κ3) is 9.69. The zero-order valence-corrected chi connectivity index (χ0v) is 28.6. The summed E-state index contributed by atoms with van der Waals surface area (Å²) in [7, 11) is 0. The smallest absolute Gasteiger partial charge is 0.306 e. The van der Waals surface area contributed by atoms with Crippen LogP contribution in [0.15, 0.2) is 114 Å². The van der Waals surface area contributed by atoms with Crippen LogP contribution in [-0.4, -0.2) is 46.9 Å². The first kappa shape index (κ1) is 35.6. The third-order valence-electron chi connectivity index (χ3n) is 8.59. The number of carbonyl (C=O) groups excluding carboxylic acids is 2. The number of carboxylic acids is 1. The summed E-state index contributed by atoms with van der Waals surface area (Å²) >= 11 is 0. The van der Waals surface area contributed by atoms with Crippen molar-refractivity contribution >= 4 is 23.3 Å². The quantitative estimate of drug-likeness (QED) is 0.0872. The SMILES string of the molecule is Cc1oc(-c2ccccc2)nc1CCOc1ccc(C[C@@H](CNC(=O)C(C)CC(C)C(=O)O)Nc2ccccc2C(=O)c2ccccc2)cc1. The first-order chi connectivity index (χ1) is 24.2. The van der Waals surface area contributed by atoms with E-state index in [4.69, 9.17) is 9.15 Å². The molecule has 0 saturated heterocycles. The van der Waals surface area contributed by atoms with Crippen molar-refractivity contribution in [2.75, 3.05) is 18.5 Å². The average Bonchev–Trinajstić information content (AvgIpc) is 3.51. The summed E-state index contributed by atoms with van der Waals surface area (Å²) in [6.07, 6.45) is 1.37. The number of ether oxygens (including phenoxy) is 1. The predicted octanol–water partition coefficient (Wildman–Crippen LogP) is 7.39. The molecular formula is C41H43N3O6. The fourth-order valence-corrected chi connectivity index (χ4v) is 5.72. The van der Waals surface area contributed by atoms with Gasteiger partial charge in [-0.15, -0.1) is 0 Å². The fraction of sp³-hybridized carbons (Fsp3) is 0.268. The molecule has 5 aromatic rings. The number of aromatic nitrogens is 1. The van der Waals surface area contributed by atoms with Gasteiger partial charge in [-0.05, 0) is 61.7 Å². The van der Waals surface area contributed by atoms with Gasteiger partial charge in [-0.3, -0.25) is 14.4 Å². The number of nitrogens with zero attached hydrogens (tertiary/aromatic N) is 1. The van der Waals surface area contributed by atoms with Crippen LogP contribution in [0.2, 0.25) is 0 Å². The van der Waals surface area contributed by atoms with Crippen LogP contribution in [0.25, 0.3) is 11.5 Å². The molecule has 1 aromatic heterocycles. The Bertz CT molecular complexity index is 1870. The van der Waals surface area contributed by atoms with Gasteiger partial charge in [0.25, 0.3) is 0 Å². The molecule has 9 heteroatoms. The van der Waals surface area contributed by atoms with Gasteiger partial charge in [0.1, 0.15) is 11.5 Å². The van der Waals surface area contributed by atoms with E-state index >= 15 is 0 Å². The van der Waals surface area contributed by atoms with E-state index in [1.54, 1.807) is 32.0 Å². The molecule has 0 aliphatic rings. The largest absolute Gasteiger partial charge is 0.493 e. The summed E-state index contributed by atoms with van der Waals surface area (Å²) in [6, 6.07) is 33.8. The Morgan fingerprint density at radius 3 is 2.20 bits per heavy atom. The van der Waals surface area contributed by atoms with E-state index in [-0.39, 0.29) is 30.7 Å². The number of hydrogen-bond donors (Lipinski definition) is 3. The Kier molecular flexibility index (Phi) is 12.2. The molecule has 9 nitrogen and oxygen atoms in total. The number of nitrogens with one attached hydrogen (secondary N) is 2. The molecule has 0 radical (unpaired) electrons. The minimum Gasteiger partial charge on any atom is -0.493 e. The Morgan fingerprint density at radius 2 is 1.50 bits per heavy atom. The van der Waals surface area contributed by atoms with Gasteiger partial charge in [-0.25, -0.2) is 4.98 Å². The first-order valence-electron chi connectivity index (χ1n) is 16.9. The van der Waals surface area contributed by atoms with Gasteiger partial charge in [-0.1, -0.05) is 86.6 Å². The van der Waals surface area contributed by atoms with Crippen LogP contribution in [0.5, 0.6) is 5.75 Å². The standard InChI is InChI=1S/C41H43N3O6/c1-27(24-28(2)41(47)48)39(46)42-26-33(43-37-17-11-10-16-35(37)38(45)31-12-6-4-7-13-31)25-30-18-20-34(21-19-30)49-23-22-36-29(3)50-40(44-36)32-14-8-5-9-15-32/h4-21,27-28,33,43H,22-26H2,1-3H3,(H,42,46)(H,47,48)/t27?,28?,33-/m0/s1. The van der Waals surface area contributed by atoms with E-state index in [0.717, 1.165) is 28.3 Å². The van der Waals surface area contributed by atoms with E-state index in [0.29, 0.717) is 42.2 Å². The van der Waals surface area contributed by atoms with Gasteiger partial charge in [-0.2, -0.15) is 0 Å². The van der Waals surface area contributed by atoms with Crippen LogP contribution in [0, 0.1) is 18.8 Å². The molecule has 258 valence electrons. The van der Waals surface area contributed by atoms with E-state index < -0.39 is 17.8 Å². The molecule has 0 fully saturated rings. The number of aryl methyl sites for hydroxylation is 1. The highest BCUT2D eigenvalue weighted by Gasteiger charge is 2.22. The zero-order chi connectivity index (χ0) is 35.5. The van der Waals surface area contributed by atoms with Crippen LogP contribution in [0.1, 0.15) is 53.2 Å². The lowest BCUT2D eigenvalue weighted by atomic mass is 9.96. The van der Waals surface area contributed by atoms with Crippen molar-refractivity contribution in [3.05, 3.63) is 137 Å². The highest BCUT2D eigenvalue weighted by atomic mass is 16.5. The van der Waals surface area contributed by atoms with Crippen LogP contribution in [-0.2, 0) is 22.4 Å². The summed E-state index contributed by atoms with van der Waals surface area (Å²) in [5.74, 6) is -0.279. The maximum atomic E-state index is 13.4. The molecule has 0 saturated carbocycles. The molecule has 3 atom stereocenters. The highest BCUT2D eigenvalue weighted by Crippen LogP contribution is 2.24. The molecule has 0 bridgehead atoms. The monoisotopic (exact) mass is 673 g/mol. The van der Waals surface area contributed by atoms with Gasteiger partial charge in [0.15, 0.2) is 5.78 Å². The number of aliphatic carboxylic acids is 1. The number of benzene rings is 4. The molecular weight excluding hydrogens is 630 g/mol. The number of amides is 1. The molecule has 4 aromatic carbocycles. The summed E-state index contributed by atoms with van der Waals surface area (Å²) in [5.41, 5.74) is 4.56. The predicted molar refractivity (Wildman–Crippen MR) is 193 cm³/mol. The summed E-state index contributed by atoms with van der Waals surface area (Å²) in [5, 5.41) is 15.8. The maximum absolute atomic E-state index is 13.4. The number of anilines is 1. The number of oxazole rings is 1. The lowest BCUT2D eigenvalue weighted by Gasteiger charge is -2.23. The molecule has 0 spiro atoms. The molecule has 2 unspecified atom stereocenters. The van der Waals surface area contributed by atoms with Crippen LogP contribution in [0.3, 0.4) is 0 Å². The van der Waals surface area contributed by atoms with Crippen molar-refractivity contribution in [1.82, 2.24) is 10.3 Å². The summed E-state index contributed by atoms with van der Waals surface area (Å²) in [4.78, 5) is 42.4. The second kappa shape index (κ2) is 17.1. The van der Waals surface area contributed by atoms with E-state index in [1.165, 1.54) is 0 Å². The van der Waals surface area contributed by atoms with Gasteiger partial charge >= 0.3 is 5.97 Å². The topological polar surface area (TPSA) is 131 Å². The Hall–Kier alpha value is -5.70. The normalized spacial score (nSPS) is 12.8. The van der Waals surface area contributed by atoms with Crippen LogP contribution < -0.4 is 15.4 Å². The molecule has 3 N–H and O–H groups in total. The second-order valence-electron chi connectivity index (χ2n) is 12.5. The molecule has 5 rings (SSSR count). The number of ketones is 1. The number of hydrogen-bond acceptors (Lipinski definition) is 7. The molecule has 0 aliphatic heterocycles. The van der Waals surface area contributed by atoms with Crippen molar-refractivity contribution in [2.45, 2.75) is 46.1 Å². The summed E-state index contributed by atoms with van der Waals surface area (Å²) in [6.45, 7) is 5.93. The molecule has 50 heavy (non-hydrogen) atoms. The Morgan fingerprint density at radius 1 is 0.840 bits per heavy atom. The maximum Gasteiger partial charge on any atom is 0.306 e. The Labute approximate surface area is 292 Å². The van der Waals surface area contributed by atoms with Crippen molar-refractivity contribution in [3.63, 3.8) is 0 Å². The van der Waals surface area contributed by atoms with Crippen LogP contribution in [0.4, 0.5) is 5.69 Å². The number of rotatable bonds is 17. The minimum absolute atomic E-state index is 0.105. The molecule has 1 amide bonds. The van der Waals surface area contributed by atoms with Gasteiger partial charge in [0.2, 0.25) is 11.8 Å². The van der Waals surface area contributed by atoms with Crippen molar-refractivity contribution in [3.8, 4) is 17.2 Å². The second-order valence-corrected chi connectivity index (χ2v) is 12.5. The van der Waals surface area contributed by atoms with Crippen molar-refractivity contribution < 1.29 is 28.6 Å². The van der Waals surface area contributed by atoms with E-state index in [9.17, 15) is 19.5 Å². The van der Waals surface area contributed by atoms with E-state index in [1.807, 2.05) is 97.9 Å². The Balaban J connectivity index is 1.25. The first-order valence-corrected chi connectivity index (χ1v) is 16.9. The fourth-order valence-electron chi connectivity index (χ4n) is 5.72. The van der Waals surface area contributed by atoms with Gasteiger partial charge in [0, 0.05) is 47.3 Å². The van der Waals surface area contributed by atoms with Gasteiger partial charge < -0.3 is 24.9 Å². The van der Waals surface area contributed by atoms with Crippen LogP contribution >= 0.6 is 0 Å².